The van der Waals surface area contributed by atoms with Gasteiger partial charge in [-0.2, -0.15) is 0 Å². The van der Waals surface area contributed by atoms with Crippen LogP contribution < -0.4 is 10.8 Å². The molecule has 146 valence electrons. The second-order valence-corrected chi connectivity index (χ2v) is 7.33. The Kier molecular flexibility index (Phi) is 5.25. The first kappa shape index (κ1) is 18.4. The first-order valence-corrected chi connectivity index (χ1v) is 9.61. The molecule has 0 spiro atoms. The van der Waals surface area contributed by atoms with Gasteiger partial charge in [0.05, 0.1) is 11.0 Å². The SMILES string of the molecule is O=C(NO)c1ccc(Nc2nc3cc(F)ccc3n2CC2CCCCC2)cc1. The molecule has 1 aliphatic carbocycles. The first-order chi connectivity index (χ1) is 13.6. The van der Waals surface area contributed by atoms with Crippen molar-refractivity contribution < 1.29 is 14.4 Å². The topological polar surface area (TPSA) is 79.2 Å². The zero-order chi connectivity index (χ0) is 19.5. The monoisotopic (exact) mass is 382 g/mol. The van der Waals surface area contributed by atoms with E-state index in [1.807, 2.05) is 0 Å². The van der Waals surface area contributed by atoms with Crippen molar-refractivity contribution in [3.8, 4) is 0 Å². The third kappa shape index (κ3) is 3.84. The summed E-state index contributed by atoms with van der Waals surface area (Å²) in [6.45, 7) is 0.843. The molecule has 0 atom stereocenters. The van der Waals surface area contributed by atoms with Gasteiger partial charge in [0.2, 0.25) is 5.95 Å². The normalized spacial score (nSPS) is 14.9. The minimum atomic E-state index is -0.563. The van der Waals surface area contributed by atoms with Crippen LogP contribution in [0.5, 0.6) is 0 Å². The van der Waals surface area contributed by atoms with Gasteiger partial charge >= 0.3 is 0 Å². The van der Waals surface area contributed by atoms with Gasteiger partial charge in [-0.3, -0.25) is 10.0 Å². The molecule has 3 N–H and O–H groups in total. The zero-order valence-corrected chi connectivity index (χ0v) is 15.5. The molecule has 1 amide bonds. The Morgan fingerprint density at radius 3 is 2.61 bits per heavy atom. The smallest absolute Gasteiger partial charge is 0.274 e. The van der Waals surface area contributed by atoms with Crippen LogP contribution in [-0.2, 0) is 6.54 Å². The van der Waals surface area contributed by atoms with E-state index in [0.717, 1.165) is 17.7 Å². The Hall–Kier alpha value is -2.93. The fourth-order valence-corrected chi connectivity index (χ4v) is 3.91. The van der Waals surface area contributed by atoms with Crippen molar-refractivity contribution in [1.29, 1.82) is 0 Å². The van der Waals surface area contributed by atoms with Crippen LogP contribution in [0.3, 0.4) is 0 Å². The van der Waals surface area contributed by atoms with Crippen LogP contribution in [0.15, 0.2) is 42.5 Å². The van der Waals surface area contributed by atoms with Gasteiger partial charge in [0.25, 0.3) is 5.91 Å². The maximum Gasteiger partial charge on any atom is 0.274 e. The van der Waals surface area contributed by atoms with Crippen molar-refractivity contribution >= 4 is 28.6 Å². The van der Waals surface area contributed by atoms with E-state index in [0.29, 0.717) is 22.9 Å². The number of benzene rings is 2. The molecule has 1 heterocycles. The number of anilines is 2. The van der Waals surface area contributed by atoms with Crippen molar-refractivity contribution in [3.05, 3.63) is 53.8 Å². The average molecular weight is 382 g/mol. The summed E-state index contributed by atoms with van der Waals surface area (Å²) in [5.41, 5.74) is 4.26. The summed E-state index contributed by atoms with van der Waals surface area (Å²) in [6.07, 6.45) is 6.20. The number of amides is 1. The number of carbonyl (C=O) groups is 1. The number of carbonyl (C=O) groups excluding carboxylic acids is 1. The number of halogens is 1. The molecule has 6 nitrogen and oxygen atoms in total. The van der Waals surface area contributed by atoms with Gasteiger partial charge in [0.15, 0.2) is 0 Å². The largest absolute Gasteiger partial charge is 0.326 e. The number of nitrogens with one attached hydrogen (secondary N) is 2. The second kappa shape index (κ2) is 7.98. The minimum Gasteiger partial charge on any atom is -0.326 e. The number of rotatable bonds is 5. The van der Waals surface area contributed by atoms with E-state index >= 15 is 0 Å². The predicted octanol–water partition coefficient (Wildman–Crippen LogP) is 4.62. The molecule has 7 heteroatoms. The molecule has 2 aromatic carbocycles. The van der Waals surface area contributed by atoms with Gasteiger partial charge < -0.3 is 9.88 Å². The van der Waals surface area contributed by atoms with E-state index in [1.54, 1.807) is 35.8 Å². The molecule has 4 rings (SSSR count). The lowest BCUT2D eigenvalue weighted by Crippen LogP contribution is -2.18. The standard InChI is InChI=1S/C21H23FN4O2/c22-16-8-11-19-18(12-16)24-21(26(19)13-14-4-2-1-3-5-14)23-17-9-6-15(7-10-17)20(27)25-28/h6-12,14,28H,1-5,13H2,(H,23,24)(H,25,27). The molecule has 28 heavy (non-hydrogen) atoms. The third-order valence-corrected chi connectivity index (χ3v) is 5.38. The summed E-state index contributed by atoms with van der Waals surface area (Å²) in [6, 6.07) is 11.4. The van der Waals surface area contributed by atoms with Gasteiger partial charge in [0, 0.05) is 23.9 Å². The van der Waals surface area contributed by atoms with E-state index in [4.69, 9.17) is 5.21 Å². The maximum absolute atomic E-state index is 13.7. The number of imidazole rings is 1. The second-order valence-electron chi connectivity index (χ2n) is 7.33. The number of fused-ring (bicyclic) bond motifs is 1. The Morgan fingerprint density at radius 2 is 1.89 bits per heavy atom. The van der Waals surface area contributed by atoms with Crippen LogP contribution in [0.2, 0.25) is 0 Å². The molecule has 0 radical (unpaired) electrons. The summed E-state index contributed by atoms with van der Waals surface area (Å²) in [5.74, 6) is 0.380. The lowest BCUT2D eigenvalue weighted by atomic mass is 9.89. The van der Waals surface area contributed by atoms with Crippen LogP contribution in [0.1, 0.15) is 42.5 Å². The fourth-order valence-electron chi connectivity index (χ4n) is 3.91. The van der Waals surface area contributed by atoms with Gasteiger partial charge in [-0.1, -0.05) is 19.3 Å². The Morgan fingerprint density at radius 1 is 1.14 bits per heavy atom. The lowest BCUT2D eigenvalue weighted by molar-refractivity contribution is 0.0706. The molecule has 0 unspecified atom stereocenters. The van der Waals surface area contributed by atoms with Crippen LogP contribution in [0.25, 0.3) is 11.0 Å². The molecule has 1 aliphatic rings. The quantitative estimate of drug-likeness (QED) is 0.444. The highest BCUT2D eigenvalue weighted by atomic mass is 19.1. The minimum absolute atomic E-state index is 0.305. The number of hydrogen-bond donors (Lipinski definition) is 3. The summed E-state index contributed by atoms with van der Waals surface area (Å²) in [5, 5.41) is 12.0. The van der Waals surface area contributed by atoms with E-state index in [-0.39, 0.29) is 5.82 Å². The van der Waals surface area contributed by atoms with E-state index in [1.165, 1.54) is 44.2 Å². The first-order valence-electron chi connectivity index (χ1n) is 9.61. The molecule has 1 aromatic heterocycles. The van der Waals surface area contributed by atoms with Gasteiger partial charge in [-0.15, -0.1) is 0 Å². The van der Waals surface area contributed by atoms with Crippen molar-refractivity contribution in [2.75, 3.05) is 5.32 Å². The number of hydrogen-bond acceptors (Lipinski definition) is 4. The van der Waals surface area contributed by atoms with Gasteiger partial charge in [-0.05, 0) is 55.2 Å². The number of nitrogens with zero attached hydrogens (tertiary/aromatic N) is 2. The van der Waals surface area contributed by atoms with E-state index < -0.39 is 5.91 Å². The molecule has 0 bridgehead atoms. The summed E-state index contributed by atoms with van der Waals surface area (Å²) >= 11 is 0. The molecule has 3 aromatic rings. The Bertz CT molecular complexity index is 978. The van der Waals surface area contributed by atoms with Crippen LogP contribution in [0, 0.1) is 11.7 Å². The van der Waals surface area contributed by atoms with E-state index in [9.17, 15) is 9.18 Å². The number of aromatic nitrogens is 2. The summed E-state index contributed by atoms with van der Waals surface area (Å²) in [7, 11) is 0. The molecule has 0 saturated heterocycles. The average Bonchev–Trinajstić information content (AvgIpc) is 3.04. The molecular formula is C21H23FN4O2. The molecule has 1 saturated carbocycles. The fraction of sp³-hybridized carbons (Fsp3) is 0.333. The predicted molar refractivity (Wildman–Crippen MR) is 105 cm³/mol. The van der Waals surface area contributed by atoms with Gasteiger partial charge in [0.1, 0.15) is 5.82 Å². The lowest BCUT2D eigenvalue weighted by Gasteiger charge is -2.23. The molecule has 0 aliphatic heterocycles. The van der Waals surface area contributed by atoms with E-state index in [2.05, 4.69) is 14.9 Å². The zero-order valence-electron chi connectivity index (χ0n) is 15.5. The maximum atomic E-state index is 13.7. The molecular weight excluding hydrogens is 359 g/mol. The van der Waals surface area contributed by atoms with Crippen molar-refractivity contribution in [2.24, 2.45) is 5.92 Å². The molecule has 1 fully saturated rings. The third-order valence-electron chi connectivity index (χ3n) is 5.38. The van der Waals surface area contributed by atoms with Crippen molar-refractivity contribution in [3.63, 3.8) is 0 Å². The highest BCUT2D eigenvalue weighted by Crippen LogP contribution is 2.30. The van der Waals surface area contributed by atoms with Crippen LogP contribution in [-0.4, -0.2) is 20.7 Å². The summed E-state index contributed by atoms with van der Waals surface area (Å²) < 4.78 is 15.8. The van der Waals surface area contributed by atoms with Crippen LogP contribution in [0.4, 0.5) is 16.0 Å². The number of hydroxylamine groups is 1. The van der Waals surface area contributed by atoms with Gasteiger partial charge in [-0.25, -0.2) is 14.9 Å². The Labute approximate surface area is 162 Å². The highest BCUT2D eigenvalue weighted by molar-refractivity contribution is 5.93. The van der Waals surface area contributed by atoms with Crippen molar-refractivity contribution in [2.45, 2.75) is 38.6 Å². The Balaban J connectivity index is 1.64. The van der Waals surface area contributed by atoms with Crippen molar-refractivity contribution in [1.82, 2.24) is 15.0 Å². The summed E-state index contributed by atoms with van der Waals surface area (Å²) in [4.78, 5) is 16.1. The highest BCUT2D eigenvalue weighted by Gasteiger charge is 2.19. The van der Waals surface area contributed by atoms with Crippen LogP contribution >= 0.6 is 0 Å².